The van der Waals surface area contributed by atoms with Gasteiger partial charge in [-0.2, -0.15) is 0 Å². The molecule has 3 N–H and O–H groups in total. The van der Waals surface area contributed by atoms with Crippen molar-refractivity contribution < 1.29 is 18.7 Å². The maximum Gasteiger partial charge on any atom is 0.307 e. The molecule has 1 aromatic rings. The number of carboxylic acid groups (broad SMARTS) is 1. The second kappa shape index (κ2) is 4.79. The van der Waals surface area contributed by atoms with Gasteiger partial charge in [-0.25, -0.2) is 8.78 Å². The normalized spacial score (nSPS) is 10.7. The van der Waals surface area contributed by atoms with E-state index in [1.54, 1.807) is 0 Å². The van der Waals surface area contributed by atoms with E-state index in [4.69, 9.17) is 10.8 Å². The van der Waals surface area contributed by atoms with Crippen LogP contribution in [0.15, 0.2) is 12.3 Å². The number of hydrogen-bond donors (Lipinski definition) is 2. The molecule has 0 fully saturated rings. The van der Waals surface area contributed by atoms with Crippen molar-refractivity contribution in [2.75, 3.05) is 0 Å². The Balaban J connectivity index is 3.03. The molecule has 0 bridgehead atoms. The number of hydrogen-bond acceptors (Lipinski definition) is 3. The van der Waals surface area contributed by atoms with Crippen LogP contribution < -0.4 is 5.73 Å². The number of pyridine rings is 1. The van der Waals surface area contributed by atoms with E-state index in [0.29, 0.717) is 11.1 Å². The van der Waals surface area contributed by atoms with Crippen LogP contribution >= 0.6 is 0 Å². The number of aromatic nitrogens is 1. The largest absolute Gasteiger partial charge is 0.481 e. The Hall–Kier alpha value is -1.56. The summed E-state index contributed by atoms with van der Waals surface area (Å²) in [5.41, 5.74) is 5.71. The SMILES string of the molecule is NCc1cc(C(F)F)ncc1CC(=O)O. The lowest BCUT2D eigenvalue weighted by Gasteiger charge is -2.07. The van der Waals surface area contributed by atoms with E-state index in [1.807, 2.05) is 0 Å². The Labute approximate surface area is 84.7 Å². The van der Waals surface area contributed by atoms with Gasteiger partial charge < -0.3 is 10.8 Å². The van der Waals surface area contributed by atoms with Crippen molar-refractivity contribution >= 4 is 5.97 Å². The molecule has 4 nitrogen and oxygen atoms in total. The molecule has 0 aromatic carbocycles. The number of alkyl halides is 2. The van der Waals surface area contributed by atoms with Gasteiger partial charge in [0.25, 0.3) is 6.43 Å². The number of carboxylic acids is 1. The van der Waals surface area contributed by atoms with Gasteiger partial charge in [0.05, 0.1) is 6.42 Å². The van der Waals surface area contributed by atoms with Crippen LogP contribution in [0.2, 0.25) is 0 Å². The summed E-state index contributed by atoms with van der Waals surface area (Å²) in [5, 5.41) is 8.55. The maximum absolute atomic E-state index is 12.3. The van der Waals surface area contributed by atoms with Crippen LogP contribution in [0.5, 0.6) is 0 Å². The van der Waals surface area contributed by atoms with Gasteiger partial charge in [-0.3, -0.25) is 9.78 Å². The average molecular weight is 216 g/mol. The van der Waals surface area contributed by atoms with E-state index < -0.39 is 12.4 Å². The van der Waals surface area contributed by atoms with Gasteiger partial charge in [-0.15, -0.1) is 0 Å². The molecule has 0 atom stereocenters. The molecule has 1 rings (SSSR count). The number of carbonyl (C=O) groups is 1. The molecule has 1 heterocycles. The molecule has 15 heavy (non-hydrogen) atoms. The highest BCUT2D eigenvalue weighted by atomic mass is 19.3. The summed E-state index contributed by atoms with van der Waals surface area (Å²) >= 11 is 0. The highest BCUT2D eigenvalue weighted by Crippen LogP contribution is 2.19. The summed E-state index contributed by atoms with van der Waals surface area (Å²) in [5.74, 6) is -1.05. The number of nitrogens with two attached hydrogens (primary N) is 1. The molecular formula is C9H10F2N2O2. The molecule has 0 aliphatic rings. The minimum absolute atomic E-state index is 0.0187. The number of aliphatic carboxylic acids is 1. The van der Waals surface area contributed by atoms with Crippen molar-refractivity contribution in [1.29, 1.82) is 0 Å². The van der Waals surface area contributed by atoms with E-state index in [0.717, 1.165) is 12.3 Å². The zero-order chi connectivity index (χ0) is 11.4. The van der Waals surface area contributed by atoms with Crippen LogP contribution in [0.25, 0.3) is 0 Å². The van der Waals surface area contributed by atoms with Crippen molar-refractivity contribution in [3.63, 3.8) is 0 Å². The molecule has 0 saturated carbocycles. The van der Waals surface area contributed by atoms with Crippen molar-refractivity contribution in [3.8, 4) is 0 Å². The lowest BCUT2D eigenvalue weighted by atomic mass is 10.1. The van der Waals surface area contributed by atoms with Crippen molar-refractivity contribution in [1.82, 2.24) is 4.98 Å². The molecule has 0 aliphatic heterocycles. The van der Waals surface area contributed by atoms with Gasteiger partial charge in [-0.1, -0.05) is 0 Å². The highest BCUT2D eigenvalue weighted by Gasteiger charge is 2.13. The van der Waals surface area contributed by atoms with Crippen molar-refractivity contribution in [2.45, 2.75) is 19.4 Å². The van der Waals surface area contributed by atoms with E-state index in [2.05, 4.69) is 4.98 Å². The van der Waals surface area contributed by atoms with Crippen LogP contribution in [0, 0.1) is 0 Å². The van der Waals surface area contributed by atoms with Crippen LogP contribution in [0.3, 0.4) is 0 Å². The number of nitrogens with zero attached hydrogens (tertiary/aromatic N) is 1. The molecule has 0 amide bonds. The van der Waals surface area contributed by atoms with Crippen LogP contribution in [0.4, 0.5) is 8.78 Å². The molecular weight excluding hydrogens is 206 g/mol. The van der Waals surface area contributed by atoms with Gasteiger partial charge in [0.15, 0.2) is 0 Å². The van der Waals surface area contributed by atoms with Gasteiger partial charge in [-0.05, 0) is 17.2 Å². The smallest absolute Gasteiger partial charge is 0.307 e. The zero-order valence-corrected chi connectivity index (χ0v) is 7.78. The van der Waals surface area contributed by atoms with Gasteiger partial charge >= 0.3 is 5.97 Å². The summed E-state index contributed by atoms with van der Waals surface area (Å²) in [6.07, 6.45) is -1.80. The highest BCUT2D eigenvalue weighted by molar-refractivity contribution is 5.70. The maximum atomic E-state index is 12.3. The number of halogens is 2. The molecule has 82 valence electrons. The van der Waals surface area contributed by atoms with E-state index in [1.165, 1.54) is 0 Å². The van der Waals surface area contributed by atoms with Crippen molar-refractivity contribution in [2.24, 2.45) is 5.73 Å². The predicted octanol–water partition coefficient (Wildman–Crippen LogP) is 1.10. The fourth-order valence-electron chi connectivity index (χ4n) is 1.18. The third-order valence-corrected chi connectivity index (χ3v) is 1.89. The Morgan fingerprint density at radius 3 is 2.67 bits per heavy atom. The summed E-state index contributed by atoms with van der Waals surface area (Å²) in [6, 6.07) is 1.14. The molecule has 0 saturated heterocycles. The third-order valence-electron chi connectivity index (χ3n) is 1.89. The molecule has 6 heteroatoms. The Bertz CT molecular complexity index is 369. The van der Waals surface area contributed by atoms with E-state index in [9.17, 15) is 13.6 Å². The molecule has 1 aromatic heterocycles. The predicted molar refractivity (Wildman–Crippen MR) is 48.4 cm³/mol. The first-order chi connectivity index (χ1) is 7.04. The van der Waals surface area contributed by atoms with Crippen LogP contribution in [-0.2, 0) is 17.8 Å². The van der Waals surface area contributed by atoms with E-state index in [-0.39, 0.29) is 18.7 Å². The van der Waals surface area contributed by atoms with Crippen molar-refractivity contribution in [3.05, 3.63) is 29.1 Å². The Morgan fingerprint density at radius 2 is 2.20 bits per heavy atom. The molecule has 0 aliphatic carbocycles. The minimum atomic E-state index is -2.67. The molecule has 0 spiro atoms. The monoisotopic (exact) mass is 216 g/mol. The molecule has 0 radical (unpaired) electrons. The summed E-state index contributed by atoms with van der Waals surface area (Å²) in [7, 11) is 0. The average Bonchev–Trinajstić information content (AvgIpc) is 2.17. The van der Waals surface area contributed by atoms with Gasteiger partial charge in [0.1, 0.15) is 5.69 Å². The lowest BCUT2D eigenvalue weighted by Crippen LogP contribution is -2.09. The summed E-state index contributed by atoms with van der Waals surface area (Å²) in [4.78, 5) is 13.9. The minimum Gasteiger partial charge on any atom is -0.481 e. The standard InChI is InChI=1S/C9H10F2N2O2/c10-9(11)7-1-5(3-12)6(4-13-7)2-8(14)15/h1,4,9H,2-3,12H2,(H,14,15). The first-order valence-corrected chi connectivity index (χ1v) is 4.22. The number of rotatable bonds is 4. The molecule has 0 unspecified atom stereocenters. The van der Waals surface area contributed by atoms with Gasteiger partial charge in [0, 0.05) is 12.7 Å². The zero-order valence-electron chi connectivity index (χ0n) is 7.78. The second-order valence-electron chi connectivity index (χ2n) is 2.95. The Morgan fingerprint density at radius 1 is 1.53 bits per heavy atom. The van der Waals surface area contributed by atoms with Gasteiger partial charge in [0.2, 0.25) is 0 Å². The topological polar surface area (TPSA) is 76.2 Å². The fraction of sp³-hybridized carbons (Fsp3) is 0.333. The quantitative estimate of drug-likeness (QED) is 0.790. The lowest BCUT2D eigenvalue weighted by molar-refractivity contribution is -0.136. The van der Waals surface area contributed by atoms with Crippen LogP contribution in [0.1, 0.15) is 23.2 Å². The third kappa shape index (κ3) is 2.95. The summed E-state index contributed by atoms with van der Waals surface area (Å²) < 4.78 is 24.5. The summed E-state index contributed by atoms with van der Waals surface area (Å²) in [6.45, 7) is 0.0187. The Kier molecular flexibility index (Phi) is 3.68. The second-order valence-corrected chi connectivity index (χ2v) is 2.95. The van der Waals surface area contributed by atoms with E-state index >= 15 is 0 Å². The fourth-order valence-corrected chi connectivity index (χ4v) is 1.18. The van der Waals surface area contributed by atoms with Crippen LogP contribution in [-0.4, -0.2) is 16.1 Å². The first-order valence-electron chi connectivity index (χ1n) is 4.22. The first kappa shape index (κ1) is 11.5.